The number of carbonyl (C=O) groups excluding carboxylic acids is 1. The lowest BCUT2D eigenvalue weighted by molar-refractivity contribution is -0.153. The number of hydrogen-bond acceptors (Lipinski definition) is 5. The van der Waals surface area contributed by atoms with Crippen molar-refractivity contribution in [3.63, 3.8) is 0 Å². The molecule has 27 heavy (non-hydrogen) atoms. The maximum absolute atomic E-state index is 12.6. The molecule has 0 saturated heterocycles. The number of anilines is 1. The highest BCUT2D eigenvalue weighted by atomic mass is 32.1. The van der Waals surface area contributed by atoms with Crippen LogP contribution < -0.4 is 10.1 Å². The van der Waals surface area contributed by atoms with Crippen molar-refractivity contribution >= 4 is 33.1 Å². The van der Waals surface area contributed by atoms with Crippen LogP contribution in [-0.2, 0) is 0 Å². The topological polar surface area (TPSA) is 64.1 Å². The smallest absolute Gasteiger partial charge is 0.422 e. The number of aromatic nitrogens is 2. The Hall–Kier alpha value is -2.68. The zero-order valence-corrected chi connectivity index (χ0v) is 15.6. The molecule has 3 aromatic rings. The number of benzene rings is 1. The van der Waals surface area contributed by atoms with E-state index in [0.717, 1.165) is 21.5 Å². The molecule has 0 fully saturated rings. The quantitative estimate of drug-likeness (QED) is 0.689. The minimum atomic E-state index is -4.40. The summed E-state index contributed by atoms with van der Waals surface area (Å²) in [6.07, 6.45) is -4.40. The van der Waals surface area contributed by atoms with Gasteiger partial charge in [0, 0.05) is 16.8 Å². The van der Waals surface area contributed by atoms with Gasteiger partial charge in [0.2, 0.25) is 0 Å². The molecule has 0 unspecified atom stereocenters. The van der Waals surface area contributed by atoms with Crippen LogP contribution in [0.15, 0.2) is 24.3 Å². The molecule has 2 heterocycles. The molecule has 0 atom stereocenters. The van der Waals surface area contributed by atoms with Gasteiger partial charge in [0.05, 0.1) is 4.88 Å². The fourth-order valence-electron chi connectivity index (χ4n) is 2.68. The maximum Gasteiger partial charge on any atom is 0.422 e. The van der Waals surface area contributed by atoms with Crippen LogP contribution in [0.3, 0.4) is 0 Å². The lowest BCUT2D eigenvalue weighted by atomic mass is 10.1. The van der Waals surface area contributed by atoms with Gasteiger partial charge in [0.25, 0.3) is 5.91 Å². The summed E-state index contributed by atoms with van der Waals surface area (Å²) in [5.74, 6) is 0.406. The average molecular weight is 395 g/mol. The predicted molar refractivity (Wildman–Crippen MR) is 97.6 cm³/mol. The van der Waals surface area contributed by atoms with Crippen LogP contribution in [0.5, 0.6) is 5.75 Å². The van der Waals surface area contributed by atoms with Gasteiger partial charge in [0.15, 0.2) is 6.61 Å². The summed E-state index contributed by atoms with van der Waals surface area (Å²) in [4.78, 5) is 22.6. The molecule has 0 radical (unpaired) electrons. The highest BCUT2D eigenvalue weighted by Crippen LogP contribution is 2.32. The first-order chi connectivity index (χ1) is 12.6. The van der Waals surface area contributed by atoms with Crippen LogP contribution in [0.4, 0.5) is 18.9 Å². The van der Waals surface area contributed by atoms with Crippen LogP contribution in [0.2, 0.25) is 0 Å². The molecule has 0 bridgehead atoms. The Morgan fingerprint density at radius 1 is 1.15 bits per heavy atom. The molecule has 3 rings (SSSR count). The Bertz CT molecular complexity index is 998. The Balaban J connectivity index is 1.77. The number of aryl methyl sites for hydroxylation is 3. The number of amides is 1. The molecule has 1 aromatic carbocycles. The minimum absolute atomic E-state index is 0.0738. The number of hydrogen-bond donors (Lipinski definition) is 1. The number of nitrogens with one attached hydrogen (secondary N) is 1. The molecule has 0 aliphatic rings. The molecule has 9 heteroatoms. The molecule has 5 nitrogen and oxygen atoms in total. The number of halogens is 3. The van der Waals surface area contributed by atoms with Crippen molar-refractivity contribution in [3.05, 3.63) is 46.2 Å². The van der Waals surface area contributed by atoms with Crippen LogP contribution >= 0.6 is 11.3 Å². The summed E-state index contributed by atoms with van der Waals surface area (Å²) < 4.78 is 41.2. The van der Waals surface area contributed by atoms with Crippen molar-refractivity contribution in [2.24, 2.45) is 0 Å². The third-order valence-corrected chi connectivity index (χ3v) is 4.99. The average Bonchev–Trinajstić information content (AvgIpc) is 2.90. The van der Waals surface area contributed by atoms with Gasteiger partial charge in [-0.15, -0.1) is 11.3 Å². The number of rotatable bonds is 4. The van der Waals surface area contributed by atoms with Crippen LogP contribution in [0.1, 0.15) is 26.8 Å². The molecule has 1 N–H and O–H groups in total. The van der Waals surface area contributed by atoms with Crippen molar-refractivity contribution in [1.29, 1.82) is 0 Å². The van der Waals surface area contributed by atoms with E-state index in [-0.39, 0.29) is 11.7 Å². The summed E-state index contributed by atoms with van der Waals surface area (Å²) >= 11 is 1.28. The van der Waals surface area contributed by atoms with E-state index in [2.05, 4.69) is 20.0 Å². The van der Waals surface area contributed by atoms with Gasteiger partial charge in [-0.2, -0.15) is 13.2 Å². The summed E-state index contributed by atoms with van der Waals surface area (Å²) in [5.41, 5.74) is 2.07. The molecule has 0 aliphatic heterocycles. The fourth-order valence-corrected chi connectivity index (χ4v) is 3.85. The number of carbonyl (C=O) groups is 1. The first kappa shape index (κ1) is 19.1. The zero-order valence-electron chi connectivity index (χ0n) is 14.8. The van der Waals surface area contributed by atoms with E-state index in [9.17, 15) is 18.0 Å². The Labute approximate surface area is 157 Å². The van der Waals surface area contributed by atoms with E-state index < -0.39 is 12.8 Å². The third-order valence-electron chi connectivity index (χ3n) is 3.80. The summed E-state index contributed by atoms with van der Waals surface area (Å²) in [7, 11) is 0. The Kier molecular flexibility index (Phi) is 5.05. The van der Waals surface area contributed by atoms with Crippen molar-refractivity contribution in [1.82, 2.24) is 9.97 Å². The van der Waals surface area contributed by atoms with Crippen molar-refractivity contribution in [3.8, 4) is 5.75 Å². The van der Waals surface area contributed by atoms with Gasteiger partial charge in [-0.25, -0.2) is 9.97 Å². The van der Waals surface area contributed by atoms with Gasteiger partial charge >= 0.3 is 6.18 Å². The monoisotopic (exact) mass is 395 g/mol. The maximum atomic E-state index is 12.6. The van der Waals surface area contributed by atoms with Crippen molar-refractivity contribution < 1.29 is 22.7 Å². The number of ether oxygens (including phenoxy) is 1. The molecule has 142 valence electrons. The van der Waals surface area contributed by atoms with Gasteiger partial charge in [-0.3, -0.25) is 4.79 Å². The Morgan fingerprint density at radius 3 is 2.44 bits per heavy atom. The lowest BCUT2D eigenvalue weighted by Gasteiger charge is -2.10. The van der Waals surface area contributed by atoms with Crippen LogP contribution in [0.25, 0.3) is 10.2 Å². The summed E-state index contributed by atoms with van der Waals surface area (Å²) in [6.45, 7) is 4.15. The summed E-state index contributed by atoms with van der Waals surface area (Å²) in [6, 6.07) is 5.72. The molecule has 2 aromatic heterocycles. The number of alkyl halides is 3. The highest BCUT2D eigenvalue weighted by Gasteiger charge is 2.28. The van der Waals surface area contributed by atoms with E-state index in [0.29, 0.717) is 16.4 Å². The highest BCUT2D eigenvalue weighted by molar-refractivity contribution is 7.20. The predicted octanol–water partition coefficient (Wildman–Crippen LogP) is 4.81. The Morgan fingerprint density at radius 2 is 1.81 bits per heavy atom. The second-order valence-electron chi connectivity index (χ2n) is 5.97. The number of fused-ring (bicyclic) bond motifs is 1. The van der Waals surface area contributed by atoms with Crippen LogP contribution in [-0.4, -0.2) is 28.7 Å². The van der Waals surface area contributed by atoms with E-state index in [1.807, 2.05) is 13.8 Å². The minimum Gasteiger partial charge on any atom is -0.484 e. The molecular weight excluding hydrogens is 379 g/mol. The lowest BCUT2D eigenvalue weighted by Crippen LogP contribution is -2.19. The molecule has 1 amide bonds. The van der Waals surface area contributed by atoms with E-state index in [4.69, 9.17) is 0 Å². The van der Waals surface area contributed by atoms with E-state index in [1.54, 1.807) is 6.92 Å². The zero-order chi connectivity index (χ0) is 19.8. The molecule has 0 saturated carbocycles. The van der Waals surface area contributed by atoms with E-state index >= 15 is 0 Å². The third kappa shape index (κ3) is 4.36. The number of thiophene rings is 1. The first-order valence-electron chi connectivity index (χ1n) is 7.99. The van der Waals surface area contributed by atoms with Gasteiger partial charge in [-0.1, -0.05) is 0 Å². The molecule has 0 aliphatic carbocycles. The van der Waals surface area contributed by atoms with Crippen LogP contribution in [0, 0.1) is 20.8 Å². The van der Waals surface area contributed by atoms with Crippen molar-refractivity contribution in [2.75, 3.05) is 11.9 Å². The van der Waals surface area contributed by atoms with Crippen molar-refractivity contribution in [2.45, 2.75) is 26.9 Å². The first-order valence-corrected chi connectivity index (χ1v) is 8.81. The molecular formula is C18H16F3N3O2S. The van der Waals surface area contributed by atoms with E-state index in [1.165, 1.54) is 35.6 Å². The normalized spacial score (nSPS) is 11.6. The standard InChI is InChI=1S/C18H16F3N3O2S/c1-9-14-10(2)22-11(3)23-17(14)27-15(9)16(25)24-12-4-6-13(7-5-12)26-8-18(19,20)21/h4-7H,8H2,1-3H3,(H,24,25). The fraction of sp³-hybridized carbons (Fsp3) is 0.278. The molecule has 0 spiro atoms. The number of nitrogens with zero attached hydrogens (tertiary/aromatic N) is 2. The van der Waals surface area contributed by atoms with Gasteiger partial charge in [0.1, 0.15) is 16.4 Å². The largest absolute Gasteiger partial charge is 0.484 e. The SMILES string of the molecule is Cc1nc(C)c2c(C)c(C(=O)Nc3ccc(OCC(F)(F)F)cc3)sc2n1. The second kappa shape index (κ2) is 7.15. The van der Waals surface area contributed by atoms with Gasteiger partial charge < -0.3 is 10.1 Å². The second-order valence-corrected chi connectivity index (χ2v) is 6.97. The van der Waals surface area contributed by atoms with Gasteiger partial charge in [-0.05, 0) is 50.6 Å². The summed E-state index contributed by atoms with van der Waals surface area (Å²) in [5, 5.41) is 3.61.